The molecule has 1 aromatic heterocycles. The molecule has 0 aliphatic rings. The fourth-order valence-electron chi connectivity index (χ4n) is 1.34. The molecule has 5 nitrogen and oxygen atoms in total. The lowest BCUT2D eigenvalue weighted by Crippen LogP contribution is -1.93. The van der Waals surface area contributed by atoms with Crippen molar-refractivity contribution < 1.29 is 0 Å². The Balaban J connectivity index is 1.96. The van der Waals surface area contributed by atoms with Gasteiger partial charge in [-0.3, -0.25) is 5.10 Å². The van der Waals surface area contributed by atoms with Gasteiger partial charge >= 0.3 is 0 Å². The number of benzene rings is 1. The van der Waals surface area contributed by atoms with E-state index in [-0.39, 0.29) is 0 Å². The number of nitrogens with zero attached hydrogens (tertiary/aromatic N) is 3. The molecule has 0 atom stereocenters. The molecular weight excluding hydrogens is 192 g/mol. The fraction of sp³-hybridized carbons (Fsp3) is 0.200. The van der Waals surface area contributed by atoms with Crippen molar-refractivity contribution in [1.82, 2.24) is 15.2 Å². The smallest absolute Gasteiger partial charge is 0.150 e. The summed E-state index contributed by atoms with van der Waals surface area (Å²) in [6, 6.07) is 7.20. The van der Waals surface area contributed by atoms with Crippen LogP contribution in [-0.4, -0.2) is 15.2 Å². The number of nitrogens with one attached hydrogen (secondary N) is 1. The van der Waals surface area contributed by atoms with Gasteiger partial charge in [0.1, 0.15) is 12.0 Å². The van der Waals surface area contributed by atoms with E-state index in [1.54, 1.807) is 18.5 Å². The standard InChI is InChI=1S/C10H10N4O/c15-14-9-4-1-8(2-5-9)3-6-10-11-7-12-13-10/h1-2,4-5,7H,3,6H2,(H,11,12,13). The molecule has 0 aliphatic carbocycles. The molecule has 1 heterocycles. The maximum atomic E-state index is 10.2. The molecule has 0 spiro atoms. The van der Waals surface area contributed by atoms with Crippen LogP contribution in [0.4, 0.5) is 5.69 Å². The third-order valence-electron chi connectivity index (χ3n) is 2.14. The molecule has 0 bridgehead atoms. The number of aryl methyl sites for hydroxylation is 2. The summed E-state index contributed by atoms with van der Waals surface area (Å²) in [6.07, 6.45) is 3.21. The molecular formula is C10H10N4O. The van der Waals surface area contributed by atoms with Crippen LogP contribution in [0.2, 0.25) is 0 Å². The maximum Gasteiger partial charge on any atom is 0.150 e. The Kier molecular flexibility index (Phi) is 2.82. The monoisotopic (exact) mass is 202 g/mol. The highest BCUT2D eigenvalue weighted by Gasteiger charge is 1.99. The molecule has 0 saturated heterocycles. The molecule has 1 N–H and O–H groups in total. The average molecular weight is 202 g/mol. The van der Waals surface area contributed by atoms with Crippen molar-refractivity contribution in [2.24, 2.45) is 5.18 Å². The van der Waals surface area contributed by atoms with Gasteiger partial charge in [-0.1, -0.05) is 12.1 Å². The van der Waals surface area contributed by atoms with Gasteiger partial charge in [-0.05, 0) is 29.3 Å². The Morgan fingerprint density at radius 1 is 1.20 bits per heavy atom. The van der Waals surface area contributed by atoms with Gasteiger partial charge < -0.3 is 0 Å². The van der Waals surface area contributed by atoms with Crippen LogP contribution in [0.3, 0.4) is 0 Å². The third kappa shape index (κ3) is 2.46. The normalized spacial score (nSPS) is 10.1. The van der Waals surface area contributed by atoms with E-state index in [4.69, 9.17) is 0 Å². The van der Waals surface area contributed by atoms with E-state index < -0.39 is 0 Å². The Morgan fingerprint density at radius 2 is 2.00 bits per heavy atom. The second-order valence-electron chi connectivity index (χ2n) is 3.17. The van der Waals surface area contributed by atoms with Gasteiger partial charge in [0.25, 0.3) is 0 Å². The molecule has 0 unspecified atom stereocenters. The van der Waals surface area contributed by atoms with Gasteiger partial charge in [0, 0.05) is 6.42 Å². The predicted molar refractivity (Wildman–Crippen MR) is 55.7 cm³/mol. The second kappa shape index (κ2) is 4.45. The summed E-state index contributed by atoms with van der Waals surface area (Å²) in [6.45, 7) is 0. The summed E-state index contributed by atoms with van der Waals surface area (Å²) in [5.74, 6) is 0.799. The van der Waals surface area contributed by atoms with E-state index in [2.05, 4.69) is 20.4 Å². The summed E-state index contributed by atoms with van der Waals surface area (Å²) in [4.78, 5) is 14.2. The quantitative estimate of drug-likeness (QED) is 0.770. The SMILES string of the molecule is O=Nc1ccc(CCc2nc[nH]n2)cc1. The Hall–Kier alpha value is -2.04. The molecule has 2 rings (SSSR count). The number of rotatable bonds is 4. The van der Waals surface area contributed by atoms with Gasteiger partial charge in [-0.2, -0.15) is 5.10 Å². The Labute approximate surface area is 86.5 Å². The zero-order chi connectivity index (χ0) is 10.5. The summed E-state index contributed by atoms with van der Waals surface area (Å²) in [7, 11) is 0. The molecule has 0 saturated carbocycles. The number of aromatic nitrogens is 3. The topological polar surface area (TPSA) is 71.0 Å². The van der Waals surface area contributed by atoms with Crippen molar-refractivity contribution in [3.63, 3.8) is 0 Å². The molecule has 2 aromatic rings. The van der Waals surface area contributed by atoms with Crippen LogP contribution in [-0.2, 0) is 12.8 Å². The van der Waals surface area contributed by atoms with Crippen molar-refractivity contribution in [3.8, 4) is 0 Å². The zero-order valence-electron chi connectivity index (χ0n) is 8.05. The minimum atomic E-state index is 0.455. The molecule has 15 heavy (non-hydrogen) atoms. The molecule has 76 valence electrons. The lowest BCUT2D eigenvalue weighted by molar-refractivity contribution is 0.865. The summed E-state index contributed by atoms with van der Waals surface area (Å²) in [5.41, 5.74) is 1.60. The molecule has 0 fully saturated rings. The molecule has 1 aromatic carbocycles. The van der Waals surface area contributed by atoms with Gasteiger partial charge in [0.05, 0.1) is 0 Å². The minimum absolute atomic E-state index is 0.455. The first-order valence-corrected chi connectivity index (χ1v) is 4.65. The first-order valence-electron chi connectivity index (χ1n) is 4.65. The largest absolute Gasteiger partial charge is 0.266 e. The van der Waals surface area contributed by atoms with Crippen LogP contribution < -0.4 is 0 Å². The molecule has 5 heteroatoms. The number of hydrogen-bond donors (Lipinski definition) is 1. The van der Waals surface area contributed by atoms with Crippen LogP contribution in [0.1, 0.15) is 11.4 Å². The highest BCUT2D eigenvalue weighted by Crippen LogP contribution is 2.13. The minimum Gasteiger partial charge on any atom is -0.266 e. The Bertz CT molecular complexity index is 421. The van der Waals surface area contributed by atoms with Crippen molar-refractivity contribution in [1.29, 1.82) is 0 Å². The van der Waals surface area contributed by atoms with E-state index >= 15 is 0 Å². The van der Waals surface area contributed by atoms with Gasteiger partial charge in [0.2, 0.25) is 0 Å². The highest BCUT2D eigenvalue weighted by atomic mass is 16.3. The number of nitroso groups, excluding NO2 is 1. The zero-order valence-corrected chi connectivity index (χ0v) is 8.05. The van der Waals surface area contributed by atoms with Crippen LogP contribution in [0.25, 0.3) is 0 Å². The number of H-pyrrole nitrogens is 1. The van der Waals surface area contributed by atoms with Gasteiger partial charge in [-0.15, -0.1) is 4.91 Å². The van der Waals surface area contributed by atoms with E-state index in [0.717, 1.165) is 24.2 Å². The van der Waals surface area contributed by atoms with E-state index in [1.807, 2.05) is 12.1 Å². The first-order chi connectivity index (χ1) is 7.38. The van der Waals surface area contributed by atoms with Crippen molar-refractivity contribution >= 4 is 5.69 Å². The lowest BCUT2D eigenvalue weighted by Gasteiger charge is -1.98. The van der Waals surface area contributed by atoms with Crippen LogP contribution in [0.5, 0.6) is 0 Å². The second-order valence-corrected chi connectivity index (χ2v) is 3.17. The number of aromatic amines is 1. The Morgan fingerprint density at radius 3 is 2.60 bits per heavy atom. The summed E-state index contributed by atoms with van der Waals surface area (Å²) >= 11 is 0. The number of hydrogen-bond acceptors (Lipinski definition) is 4. The summed E-state index contributed by atoms with van der Waals surface area (Å²) in [5, 5.41) is 9.47. The van der Waals surface area contributed by atoms with Crippen molar-refractivity contribution in [2.45, 2.75) is 12.8 Å². The first kappa shape index (κ1) is 9.51. The van der Waals surface area contributed by atoms with Crippen LogP contribution in [0.15, 0.2) is 35.8 Å². The van der Waals surface area contributed by atoms with Gasteiger partial charge in [-0.25, -0.2) is 4.98 Å². The predicted octanol–water partition coefficient (Wildman–Crippen LogP) is 1.99. The van der Waals surface area contributed by atoms with E-state index in [0.29, 0.717) is 5.69 Å². The van der Waals surface area contributed by atoms with Crippen molar-refractivity contribution in [3.05, 3.63) is 46.9 Å². The van der Waals surface area contributed by atoms with Crippen LogP contribution >= 0.6 is 0 Å². The third-order valence-corrected chi connectivity index (χ3v) is 2.14. The van der Waals surface area contributed by atoms with Crippen LogP contribution in [0, 0.1) is 4.91 Å². The van der Waals surface area contributed by atoms with E-state index in [1.165, 1.54) is 0 Å². The summed E-state index contributed by atoms with van der Waals surface area (Å²) < 4.78 is 0. The van der Waals surface area contributed by atoms with Crippen molar-refractivity contribution in [2.75, 3.05) is 0 Å². The molecule has 0 amide bonds. The lowest BCUT2D eigenvalue weighted by atomic mass is 10.1. The maximum absolute atomic E-state index is 10.2. The molecule has 0 aliphatic heterocycles. The van der Waals surface area contributed by atoms with E-state index in [9.17, 15) is 4.91 Å². The van der Waals surface area contributed by atoms with Gasteiger partial charge in [0.15, 0.2) is 5.82 Å². The highest BCUT2D eigenvalue weighted by molar-refractivity contribution is 5.38. The average Bonchev–Trinajstić information content (AvgIpc) is 2.80. The molecule has 0 radical (unpaired) electrons. The fourth-order valence-corrected chi connectivity index (χ4v) is 1.34.